The van der Waals surface area contributed by atoms with Gasteiger partial charge in [-0.2, -0.15) is 15.0 Å². The van der Waals surface area contributed by atoms with Crippen molar-refractivity contribution < 1.29 is 4.74 Å². The fourth-order valence-electron chi connectivity index (χ4n) is 2.84. The Morgan fingerprint density at radius 2 is 2.11 bits per heavy atom. The van der Waals surface area contributed by atoms with E-state index in [1.807, 2.05) is 20.2 Å². The van der Waals surface area contributed by atoms with Gasteiger partial charge in [0.05, 0.1) is 18.9 Å². The fourth-order valence-corrected chi connectivity index (χ4v) is 3.12. The lowest BCUT2D eigenvalue weighted by molar-refractivity contribution is -0.0617. The summed E-state index contributed by atoms with van der Waals surface area (Å²) >= 11 is 6.27. The van der Waals surface area contributed by atoms with E-state index < -0.39 is 0 Å². The summed E-state index contributed by atoms with van der Waals surface area (Å²) in [7, 11) is 3.83. The maximum atomic E-state index is 6.27. The molecule has 1 fully saturated rings. The Hall–Kier alpha value is -1.66. The predicted molar refractivity (Wildman–Crippen MR) is 70.1 cm³/mol. The third-order valence-electron chi connectivity index (χ3n) is 3.95. The Morgan fingerprint density at radius 3 is 2.79 bits per heavy atom. The molecule has 0 saturated carbocycles. The van der Waals surface area contributed by atoms with Crippen LogP contribution < -0.4 is 4.90 Å². The zero-order valence-electron chi connectivity index (χ0n) is 10.6. The topological polar surface area (TPSA) is 56.1 Å². The number of rotatable bonds is 0. The van der Waals surface area contributed by atoms with E-state index in [0.717, 1.165) is 22.6 Å². The smallest absolute Gasteiger partial charge is 0.152 e. The summed E-state index contributed by atoms with van der Waals surface area (Å²) in [6.07, 6.45) is 1.70. The second-order valence-corrected chi connectivity index (χ2v) is 5.33. The van der Waals surface area contributed by atoms with Gasteiger partial charge in [-0.1, -0.05) is 11.6 Å². The average Bonchev–Trinajstić information content (AvgIpc) is 2.69. The number of anilines is 1. The van der Waals surface area contributed by atoms with Crippen LogP contribution in [-0.2, 0) is 17.3 Å². The minimum atomic E-state index is -0.261. The largest absolute Gasteiger partial charge is 0.376 e. The van der Waals surface area contributed by atoms with Crippen LogP contribution in [0.4, 0.5) is 5.69 Å². The van der Waals surface area contributed by atoms with E-state index in [9.17, 15) is 0 Å². The van der Waals surface area contributed by atoms with E-state index >= 15 is 0 Å². The van der Waals surface area contributed by atoms with E-state index in [1.165, 1.54) is 0 Å². The standard InChI is InChI=1S/C12H12ClN5O/c1-17-9-7(3-4-14-11(9)13)8-10(16-18(2)15-8)12(17)5-19-6-12/h3-4H,5-6H2,1-2H3. The summed E-state index contributed by atoms with van der Waals surface area (Å²) in [5.74, 6) is 0. The molecule has 2 aliphatic heterocycles. The fraction of sp³-hybridized carbons (Fsp3) is 0.417. The van der Waals surface area contributed by atoms with Crippen molar-refractivity contribution in [2.24, 2.45) is 7.05 Å². The SMILES string of the molecule is CN1c2c(ccnc2Cl)-c2nn(C)nc2C12COC2. The summed E-state index contributed by atoms with van der Waals surface area (Å²) in [5.41, 5.74) is 3.45. The summed E-state index contributed by atoms with van der Waals surface area (Å²) in [6.45, 7) is 1.19. The molecule has 0 aromatic carbocycles. The van der Waals surface area contributed by atoms with Crippen LogP contribution in [-0.4, -0.2) is 40.2 Å². The van der Waals surface area contributed by atoms with Gasteiger partial charge in [-0.15, -0.1) is 0 Å². The maximum Gasteiger partial charge on any atom is 0.152 e. The highest BCUT2D eigenvalue weighted by atomic mass is 35.5. The number of halogens is 1. The number of hydrogen-bond donors (Lipinski definition) is 0. The van der Waals surface area contributed by atoms with Crippen molar-refractivity contribution in [1.29, 1.82) is 0 Å². The van der Waals surface area contributed by atoms with Crippen molar-refractivity contribution in [2.45, 2.75) is 5.54 Å². The first kappa shape index (κ1) is 11.2. The highest BCUT2D eigenvalue weighted by molar-refractivity contribution is 6.32. The molecule has 2 aliphatic rings. The molecule has 2 aromatic rings. The van der Waals surface area contributed by atoms with Gasteiger partial charge < -0.3 is 9.64 Å². The van der Waals surface area contributed by atoms with E-state index in [2.05, 4.69) is 20.1 Å². The number of hydrogen-bond acceptors (Lipinski definition) is 5. The van der Waals surface area contributed by atoms with Crippen LogP contribution >= 0.6 is 11.6 Å². The van der Waals surface area contributed by atoms with Crippen molar-refractivity contribution in [1.82, 2.24) is 20.0 Å². The summed E-state index contributed by atoms with van der Waals surface area (Å²) in [4.78, 5) is 7.90. The third kappa shape index (κ3) is 1.23. The molecule has 19 heavy (non-hydrogen) atoms. The first-order chi connectivity index (χ1) is 9.13. The van der Waals surface area contributed by atoms with Gasteiger partial charge in [-0.25, -0.2) is 4.98 Å². The van der Waals surface area contributed by atoms with Crippen LogP contribution in [0.15, 0.2) is 12.3 Å². The van der Waals surface area contributed by atoms with Crippen molar-refractivity contribution in [3.8, 4) is 11.3 Å². The normalized spacial score (nSPS) is 19.0. The molecule has 0 amide bonds. The van der Waals surface area contributed by atoms with E-state index in [-0.39, 0.29) is 5.54 Å². The number of aromatic nitrogens is 4. The molecule has 6 nitrogen and oxygen atoms in total. The molecule has 0 bridgehead atoms. The number of fused-ring (bicyclic) bond motifs is 4. The van der Waals surface area contributed by atoms with E-state index in [4.69, 9.17) is 16.3 Å². The molecule has 7 heteroatoms. The summed E-state index contributed by atoms with van der Waals surface area (Å²) in [5, 5.41) is 9.50. The van der Waals surface area contributed by atoms with Crippen LogP contribution in [0.5, 0.6) is 0 Å². The molecule has 0 aliphatic carbocycles. The molecule has 4 heterocycles. The second-order valence-electron chi connectivity index (χ2n) is 4.97. The van der Waals surface area contributed by atoms with Crippen LogP contribution in [0, 0.1) is 0 Å². The van der Waals surface area contributed by atoms with Gasteiger partial charge >= 0.3 is 0 Å². The Bertz CT molecular complexity index is 679. The molecule has 1 saturated heterocycles. The number of likely N-dealkylation sites (N-methyl/N-ethyl adjacent to an activating group) is 1. The molecular weight excluding hydrogens is 266 g/mol. The summed E-state index contributed by atoms with van der Waals surface area (Å²) in [6, 6.07) is 1.93. The van der Waals surface area contributed by atoms with Crippen molar-refractivity contribution in [2.75, 3.05) is 25.2 Å². The van der Waals surface area contributed by atoms with Gasteiger partial charge in [-0.3, -0.25) is 0 Å². The molecule has 0 N–H and O–H groups in total. The lowest BCUT2D eigenvalue weighted by atomic mass is 9.84. The first-order valence-electron chi connectivity index (χ1n) is 6.02. The van der Waals surface area contributed by atoms with Crippen LogP contribution in [0.1, 0.15) is 5.69 Å². The lowest BCUT2D eigenvalue weighted by Gasteiger charge is -2.50. The molecule has 4 rings (SSSR count). The highest BCUT2D eigenvalue weighted by Crippen LogP contribution is 2.50. The second kappa shape index (κ2) is 3.46. The number of ether oxygens (including phenoxy) is 1. The third-order valence-corrected chi connectivity index (χ3v) is 4.23. The van der Waals surface area contributed by atoms with Gasteiger partial charge in [0.2, 0.25) is 0 Å². The maximum absolute atomic E-state index is 6.27. The molecule has 0 unspecified atom stereocenters. The first-order valence-corrected chi connectivity index (χ1v) is 6.39. The Morgan fingerprint density at radius 1 is 1.32 bits per heavy atom. The zero-order valence-corrected chi connectivity index (χ0v) is 11.3. The van der Waals surface area contributed by atoms with Crippen LogP contribution in [0.3, 0.4) is 0 Å². The van der Waals surface area contributed by atoms with E-state index in [0.29, 0.717) is 18.4 Å². The van der Waals surface area contributed by atoms with E-state index in [1.54, 1.807) is 11.0 Å². The molecular formula is C12H12ClN5O. The zero-order chi connectivity index (χ0) is 13.2. The molecule has 2 aromatic heterocycles. The summed E-state index contributed by atoms with van der Waals surface area (Å²) < 4.78 is 5.42. The van der Waals surface area contributed by atoms with Gasteiger partial charge in [0.25, 0.3) is 0 Å². The monoisotopic (exact) mass is 277 g/mol. The van der Waals surface area contributed by atoms with Gasteiger partial charge in [-0.05, 0) is 6.07 Å². The number of nitrogens with zero attached hydrogens (tertiary/aromatic N) is 5. The molecule has 0 atom stereocenters. The van der Waals surface area contributed by atoms with Crippen LogP contribution in [0.2, 0.25) is 5.15 Å². The molecule has 98 valence electrons. The van der Waals surface area contributed by atoms with Gasteiger partial charge in [0.15, 0.2) is 5.15 Å². The minimum absolute atomic E-state index is 0.261. The number of aryl methyl sites for hydroxylation is 1. The minimum Gasteiger partial charge on any atom is -0.376 e. The van der Waals surface area contributed by atoms with Crippen molar-refractivity contribution in [3.05, 3.63) is 23.1 Å². The lowest BCUT2D eigenvalue weighted by Crippen LogP contribution is -2.60. The predicted octanol–water partition coefficient (Wildman–Crippen LogP) is 1.21. The average molecular weight is 278 g/mol. The Labute approximate surface area is 114 Å². The van der Waals surface area contributed by atoms with Crippen molar-refractivity contribution >= 4 is 17.3 Å². The Balaban J connectivity index is 2.07. The highest BCUT2D eigenvalue weighted by Gasteiger charge is 2.52. The van der Waals surface area contributed by atoms with Crippen LogP contribution in [0.25, 0.3) is 11.3 Å². The number of pyridine rings is 1. The quantitative estimate of drug-likeness (QED) is 0.678. The van der Waals surface area contributed by atoms with Gasteiger partial charge in [0.1, 0.15) is 16.9 Å². The van der Waals surface area contributed by atoms with Gasteiger partial charge in [0, 0.05) is 25.9 Å². The molecule has 1 spiro atoms. The molecule has 0 radical (unpaired) electrons. The van der Waals surface area contributed by atoms with Crippen molar-refractivity contribution in [3.63, 3.8) is 0 Å². The Kier molecular flexibility index (Phi) is 2.04.